The summed E-state index contributed by atoms with van der Waals surface area (Å²) in [5.41, 5.74) is 1.02. The van der Waals surface area contributed by atoms with E-state index in [1.54, 1.807) is 25.1 Å². The maximum Gasteiger partial charge on any atom is 0.130 e. The van der Waals surface area contributed by atoms with Crippen molar-refractivity contribution in [3.63, 3.8) is 0 Å². The summed E-state index contributed by atoms with van der Waals surface area (Å²) in [4.78, 5) is 2.13. The Morgan fingerprint density at radius 2 is 1.86 bits per heavy atom. The molecule has 0 aromatic heterocycles. The summed E-state index contributed by atoms with van der Waals surface area (Å²) in [7, 11) is 0. The van der Waals surface area contributed by atoms with Crippen LogP contribution in [0.3, 0.4) is 0 Å². The first-order chi connectivity index (χ1) is 13.3. The van der Waals surface area contributed by atoms with Gasteiger partial charge in [-0.2, -0.15) is 0 Å². The number of aliphatic hydroxyl groups excluding tert-OH is 1. The third kappa shape index (κ3) is 3.30. The Bertz CT molecular complexity index is 881. The molecule has 0 saturated carbocycles. The number of rotatable bonds is 2. The van der Waals surface area contributed by atoms with E-state index in [0.717, 1.165) is 0 Å². The van der Waals surface area contributed by atoms with Crippen LogP contribution in [-0.2, 0) is 5.60 Å². The molecule has 28 heavy (non-hydrogen) atoms. The summed E-state index contributed by atoms with van der Waals surface area (Å²) in [5.74, 6) is 0.287. The molecule has 2 aromatic rings. The number of phenols is 1. The number of halogens is 2. The summed E-state index contributed by atoms with van der Waals surface area (Å²) in [6.45, 7) is 3.25. The van der Waals surface area contributed by atoms with Crippen molar-refractivity contribution in [3.8, 4) is 11.5 Å². The molecule has 2 unspecified atom stereocenters. The van der Waals surface area contributed by atoms with Crippen LogP contribution in [0.5, 0.6) is 11.5 Å². The highest BCUT2D eigenvalue weighted by atomic mass is 79.9. The molecule has 0 radical (unpaired) electrons. The fourth-order valence-electron chi connectivity index (χ4n) is 4.17. The summed E-state index contributed by atoms with van der Waals surface area (Å²) in [5, 5.41) is 32.0. The van der Waals surface area contributed by atoms with Crippen molar-refractivity contribution < 1.29 is 24.4 Å². The number of benzene rings is 2. The van der Waals surface area contributed by atoms with Gasteiger partial charge >= 0.3 is 0 Å². The minimum atomic E-state index is -0.994. The third-order valence-corrected chi connectivity index (χ3v) is 7.05. The van der Waals surface area contributed by atoms with Crippen molar-refractivity contribution in [2.24, 2.45) is 0 Å². The van der Waals surface area contributed by atoms with Crippen molar-refractivity contribution >= 4 is 15.9 Å². The van der Waals surface area contributed by atoms with Gasteiger partial charge in [-0.25, -0.2) is 4.39 Å². The van der Waals surface area contributed by atoms with E-state index in [0.29, 0.717) is 59.5 Å². The number of fused-ring (bicyclic) bond motifs is 1. The molecule has 1 saturated heterocycles. The zero-order valence-electron chi connectivity index (χ0n) is 15.5. The van der Waals surface area contributed by atoms with Gasteiger partial charge in [0.15, 0.2) is 0 Å². The molecule has 0 bridgehead atoms. The highest BCUT2D eigenvalue weighted by molar-refractivity contribution is 9.10. The van der Waals surface area contributed by atoms with Crippen molar-refractivity contribution in [1.82, 2.24) is 4.90 Å². The molecule has 2 aliphatic rings. The van der Waals surface area contributed by atoms with Crippen molar-refractivity contribution in [1.29, 1.82) is 0 Å². The highest BCUT2D eigenvalue weighted by Gasteiger charge is 2.41. The first kappa shape index (κ1) is 19.6. The number of nitrogens with zero attached hydrogens (tertiary/aromatic N) is 1. The molecule has 0 aliphatic carbocycles. The standard InChI is InChI=1S/C21H23BrFNO4/c1-12-16(25)10-17-18(19(12)22)20(26)15(11-28-17)24-8-6-21(27,7-9-24)13-2-4-14(23)5-3-13/h2-5,10,15,20,25-27H,6-9,11H2,1H3. The van der Waals surface area contributed by atoms with Crippen LogP contribution in [0.1, 0.15) is 35.6 Å². The molecule has 2 aliphatic heterocycles. The molecule has 2 heterocycles. The van der Waals surface area contributed by atoms with Gasteiger partial charge < -0.3 is 20.1 Å². The summed E-state index contributed by atoms with van der Waals surface area (Å²) >= 11 is 3.47. The maximum absolute atomic E-state index is 13.2. The van der Waals surface area contributed by atoms with E-state index in [1.165, 1.54) is 12.1 Å². The molecule has 3 N–H and O–H groups in total. The maximum atomic E-state index is 13.2. The van der Waals surface area contributed by atoms with E-state index < -0.39 is 11.7 Å². The Labute approximate surface area is 171 Å². The number of piperidine rings is 1. The quantitative estimate of drug-likeness (QED) is 0.652. The largest absolute Gasteiger partial charge is 0.508 e. The lowest BCUT2D eigenvalue weighted by molar-refractivity contribution is -0.0667. The molecule has 150 valence electrons. The summed E-state index contributed by atoms with van der Waals surface area (Å²) < 4.78 is 19.7. The molecular formula is C21H23BrFNO4. The van der Waals surface area contributed by atoms with Gasteiger partial charge in [-0.05, 0) is 53.4 Å². The van der Waals surface area contributed by atoms with Gasteiger partial charge in [0.05, 0.1) is 11.6 Å². The van der Waals surface area contributed by atoms with Gasteiger partial charge in [-0.15, -0.1) is 0 Å². The van der Waals surface area contributed by atoms with E-state index >= 15 is 0 Å². The van der Waals surface area contributed by atoms with Crippen LogP contribution in [0.4, 0.5) is 4.39 Å². The molecule has 0 amide bonds. The van der Waals surface area contributed by atoms with Crippen LogP contribution in [0, 0.1) is 12.7 Å². The zero-order chi connectivity index (χ0) is 20.1. The fourth-order valence-corrected chi connectivity index (χ4v) is 4.80. The Balaban J connectivity index is 1.51. The minimum Gasteiger partial charge on any atom is -0.508 e. The molecule has 4 rings (SSSR count). The number of hydrogen-bond acceptors (Lipinski definition) is 5. The topological polar surface area (TPSA) is 73.2 Å². The zero-order valence-corrected chi connectivity index (χ0v) is 17.1. The lowest BCUT2D eigenvalue weighted by Crippen LogP contribution is -2.52. The number of ether oxygens (including phenoxy) is 1. The predicted molar refractivity (Wildman–Crippen MR) is 106 cm³/mol. The molecule has 2 aromatic carbocycles. The van der Waals surface area contributed by atoms with E-state index in [2.05, 4.69) is 20.8 Å². The molecular weight excluding hydrogens is 429 g/mol. The number of phenolic OH excluding ortho intramolecular Hbond substituents is 1. The van der Waals surface area contributed by atoms with Crippen LogP contribution in [0.2, 0.25) is 0 Å². The van der Waals surface area contributed by atoms with E-state index in [9.17, 15) is 19.7 Å². The second kappa shape index (κ2) is 7.30. The first-order valence-electron chi connectivity index (χ1n) is 9.35. The predicted octanol–water partition coefficient (Wildman–Crippen LogP) is 3.38. The van der Waals surface area contributed by atoms with Gasteiger partial charge in [-0.1, -0.05) is 12.1 Å². The number of aromatic hydroxyl groups is 1. The lowest BCUT2D eigenvalue weighted by Gasteiger charge is -2.44. The monoisotopic (exact) mass is 451 g/mol. The van der Waals surface area contributed by atoms with Crippen molar-refractivity contribution in [2.45, 2.75) is 37.5 Å². The average molecular weight is 452 g/mol. The van der Waals surface area contributed by atoms with Gasteiger partial charge in [0.1, 0.15) is 30.0 Å². The third-order valence-electron chi connectivity index (χ3n) is 6.03. The number of likely N-dealkylation sites (tertiary alicyclic amines) is 1. The van der Waals surface area contributed by atoms with E-state index in [4.69, 9.17) is 4.74 Å². The molecule has 0 spiro atoms. The van der Waals surface area contributed by atoms with Gasteiger partial charge in [0.25, 0.3) is 0 Å². The summed E-state index contributed by atoms with van der Waals surface area (Å²) in [6.07, 6.45) is 0.212. The molecule has 5 nitrogen and oxygen atoms in total. The first-order valence-corrected chi connectivity index (χ1v) is 10.1. The second-order valence-electron chi connectivity index (χ2n) is 7.64. The Morgan fingerprint density at radius 1 is 1.21 bits per heavy atom. The highest BCUT2D eigenvalue weighted by Crippen LogP contribution is 2.45. The van der Waals surface area contributed by atoms with Crippen molar-refractivity contribution in [3.05, 3.63) is 57.3 Å². The van der Waals surface area contributed by atoms with Crippen LogP contribution < -0.4 is 4.74 Å². The summed E-state index contributed by atoms with van der Waals surface area (Å²) in [6, 6.07) is 7.29. The van der Waals surface area contributed by atoms with Gasteiger partial charge in [0, 0.05) is 34.8 Å². The minimum absolute atomic E-state index is 0.124. The SMILES string of the molecule is Cc1c(O)cc2c(c1Br)C(O)C(N1CCC(O)(c3ccc(F)cc3)CC1)CO2. The smallest absolute Gasteiger partial charge is 0.130 e. The molecule has 1 fully saturated rings. The lowest BCUT2D eigenvalue weighted by atomic mass is 9.83. The van der Waals surface area contributed by atoms with Gasteiger partial charge in [-0.3, -0.25) is 4.90 Å². The van der Waals surface area contributed by atoms with Crippen LogP contribution in [0.15, 0.2) is 34.8 Å². The van der Waals surface area contributed by atoms with Crippen molar-refractivity contribution in [2.75, 3.05) is 19.7 Å². The molecule has 2 atom stereocenters. The Hall–Kier alpha value is -1.67. The van der Waals surface area contributed by atoms with Crippen LogP contribution in [0.25, 0.3) is 0 Å². The number of hydrogen-bond donors (Lipinski definition) is 3. The average Bonchev–Trinajstić information content (AvgIpc) is 2.68. The number of aliphatic hydroxyl groups is 2. The fraction of sp³-hybridized carbons (Fsp3) is 0.429. The van der Waals surface area contributed by atoms with E-state index in [-0.39, 0.29) is 17.6 Å². The second-order valence-corrected chi connectivity index (χ2v) is 8.44. The van der Waals surface area contributed by atoms with Crippen LogP contribution >= 0.6 is 15.9 Å². The van der Waals surface area contributed by atoms with Crippen LogP contribution in [-0.4, -0.2) is 46.0 Å². The Morgan fingerprint density at radius 3 is 2.50 bits per heavy atom. The molecule has 7 heteroatoms. The van der Waals surface area contributed by atoms with E-state index in [1.807, 2.05) is 0 Å². The Kier molecular flexibility index (Phi) is 5.12. The normalized spacial score (nSPS) is 24.5. The van der Waals surface area contributed by atoms with Gasteiger partial charge in [0.2, 0.25) is 0 Å².